The normalized spacial score (nSPS) is 14.6. The van der Waals surface area contributed by atoms with Gasteiger partial charge in [-0.1, -0.05) is 35.1 Å². The predicted molar refractivity (Wildman–Crippen MR) is 100 cm³/mol. The van der Waals surface area contributed by atoms with Crippen LogP contribution in [0.4, 0.5) is 5.13 Å². The summed E-state index contributed by atoms with van der Waals surface area (Å²) in [7, 11) is 2.00. The molecule has 1 aliphatic heterocycles. The number of anilines is 1. The number of benzene rings is 1. The van der Waals surface area contributed by atoms with Crippen molar-refractivity contribution >= 4 is 38.9 Å². The number of halogens is 1. The predicted octanol–water partition coefficient (Wildman–Crippen LogP) is 3.17. The Hall–Kier alpha value is -2.12. The summed E-state index contributed by atoms with van der Waals surface area (Å²) in [5.74, 6) is 0.259. The van der Waals surface area contributed by atoms with Crippen LogP contribution in [0.1, 0.15) is 12.8 Å². The summed E-state index contributed by atoms with van der Waals surface area (Å²) in [6.07, 6.45) is 3.58. The average Bonchev–Trinajstić information content (AvgIpc) is 3.28. The van der Waals surface area contributed by atoms with Crippen molar-refractivity contribution in [3.05, 3.63) is 35.5 Å². The zero-order valence-corrected chi connectivity index (χ0v) is 15.4. The Kier molecular flexibility index (Phi) is 4.35. The van der Waals surface area contributed by atoms with Gasteiger partial charge < -0.3 is 9.80 Å². The van der Waals surface area contributed by atoms with Gasteiger partial charge in [0, 0.05) is 43.7 Å². The van der Waals surface area contributed by atoms with Gasteiger partial charge >= 0.3 is 0 Å². The van der Waals surface area contributed by atoms with E-state index in [0.717, 1.165) is 47.4 Å². The first-order valence-corrected chi connectivity index (χ1v) is 9.41. The standard InChI is InChI=1S/C17H18ClN5OS/c1-21(9-10-22-8-2-3-15(22)24)17-20-23-11-14(19-16(23)25-17)12-4-6-13(18)7-5-12/h4-7,11H,2-3,8-10H2,1H3. The summed E-state index contributed by atoms with van der Waals surface area (Å²) in [5, 5.41) is 6.22. The van der Waals surface area contributed by atoms with Crippen LogP contribution in [0.25, 0.3) is 16.2 Å². The van der Waals surface area contributed by atoms with Crippen molar-refractivity contribution in [3.63, 3.8) is 0 Å². The number of carbonyl (C=O) groups is 1. The molecule has 8 heteroatoms. The Balaban J connectivity index is 1.47. The highest BCUT2D eigenvalue weighted by Gasteiger charge is 2.20. The van der Waals surface area contributed by atoms with Crippen LogP contribution in [0, 0.1) is 0 Å². The van der Waals surface area contributed by atoms with Gasteiger partial charge in [-0.25, -0.2) is 9.50 Å². The summed E-state index contributed by atoms with van der Waals surface area (Å²) >= 11 is 7.48. The number of hydrogen-bond donors (Lipinski definition) is 0. The van der Waals surface area contributed by atoms with Gasteiger partial charge in [0.05, 0.1) is 11.9 Å². The fourth-order valence-corrected chi connectivity index (χ4v) is 3.91. The van der Waals surface area contributed by atoms with Gasteiger partial charge in [0.25, 0.3) is 0 Å². The highest BCUT2D eigenvalue weighted by molar-refractivity contribution is 7.20. The summed E-state index contributed by atoms with van der Waals surface area (Å²) < 4.78 is 1.81. The molecule has 0 unspecified atom stereocenters. The number of imidazole rings is 1. The molecule has 1 saturated heterocycles. The van der Waals surface area contributed by atoms with E-state index in [2.05, 4.69) is 15.0 Å². The van der Waals surface area contributed by atoms with E-state index in [4.69, 9.17) is 11.6 Å². The number of fused-ring (bicyclic) bond motifs is 1. The molecule has 1 fully saturated rings. The second kappa shape index (κ2) is 6.65. The molecule has 0 spiro atoms. The van der Waals surface area contributed by atoms with Gasteiger partial charge in [-0.2, -0.15) is 0 Å². The molecule has 130 valence electrons. The Morgan fingerprint density at radius 2 is 2.12 bits per heavy atom. The number of hydrogen-bond acceptors (Lipinski definition) is 5. The zero-order chi connectivity index (χ0) is 17.4. The van der Waals surface area contributed by atoms with E-state index in [0.29, 0.717) is 11.4 Å². The number of rotatable bonds is 5. The smallest absolute Gasteiger partial charge is 0.222 e. The lowest BCUT2D eigenvalue weighted by atomic mass is 10.2. The number of nitrogens with zero attached hydrogens (tertiary/aromatic N) is 5. The maximum absolute atomic E-state index is 11.7. The molecule has 3 heterocycles. The van der Waals surface area contributed by atoms with E-state index in [-0.39, 0.29) is 5.91 Å². The Labute approximate surface area is 154 Å². The van der Waals surface area contributed by atoms with Gasteiger partial charge in [0.2, 0.25) is 16.0 Å². The van der Waals surface area contributed by atoms with Crippen molar-refractivity contribution in [2.24, 2.45) is 0 Å². The second-order valence-corrected chi connectivity index (χ2v) is 7.52. The zero-order valence-electron chi connectivity index (χ0n) is 13.9. The molecule has 25 heavy (non-hydrogen) atoms. The molecular weight excluding hydrogens is 358 g/mol. The Morgan fingerprint density at radius 3 is 2.80 bits per heavy atom. The highest BCUT2D eigenvalue weighted by Crippen LogP contribution is 2.26. The molecule has 1 aromatic carbocycles. The molecule has 0 N–H and O–H groups in total. The molecule has 4 rings (SSSR count). The fourth-order valence-electron chi connectivity index (χ4n) is 2.91. The van der Waals surface area contributed by atoms with Crippen LogP contribution in [-0.4, -0.2) is 52.1 Å². The molecule has 6 nitrogen and oxygen atoms in total. The summed E-state index contributed by atoms with van der Waals surface area (Å²) in [5.41, 5.74) is 1.90. The number of aromatic nitrogens is 3. The third-order valence-electron chi connectivity index (χ3n) is 4.38. The van der Waals surface area contributed by atoms with Crippen molar-refractivity contribution in [1.82, 2.24) is 19.5 Å². The van der Waals surface area contributed by atoms with Crippen LogP contribution in [0.15, 0.2) is 30.5 Å². The van der Waals surface area contributed by atoms with Crippen LogP contribution >= 0.6 is 22.9 Å². The molecule has 0 radical (unpaired) electrons. The molecule has 0 atom stereocenters. The fraction of sp³-hybridized carbons (Fsp3) is 0.353. The summed E-state index contributed by atoms with van der Waals surface area (Å²) in [4.78, 5) is 21.2. The summed E-state index contributed by atoms with van der Waals surface area (Å²) in [6, 6.07) is 7.62. The van der Waals surface area contributed by atoms with Crippen LogP contribution in [0.3, 0.4) is 0 Å². The summed E-state index contributed by atoms with van der Waals surface area (Å²) in [6.45, 7) is 2.39. The van der Waals surface area contributed by atoms with Gasteiger partial charge in [-0.3, -0.25) is 4.79 Å². The maximum atomic E-state index is 11.7. The number of likely N-dealkylation sites (tertiary alicyclic amines) is 1. The van der Waals surface area contributed by atoms with E-state index in [1.54, 1.807) is 15.9 Å². The highest BCUT2D eigenvalue weighted by atomic mass is 35.5. The second-order valence-electron chi connectivity index (χ2n) is 6.15. The molecule has 0 saturated carbocycles. The molecule has 3 aromatic rings. The minimum absolute atomic E-state index is 0.259. The van der Waals surface area contributed by atoms with E-state index >= 15 is 0 Å². The third kappa shape index (κ3) is 3.34. The minimum atomic E-state index is 0.259. The van der Waals surface area contributed by atoms with Crippen molar-refractivity contribution < 1.29 is 4.79 Å². The maximum Gasteiger partial charge on any atom is 0.222 e. The largest absolute Gasteiger partial charge is 0.348 e. The van der Waals surface area contributed by atoms with Gasteiger partial charge in [0.15, 0.2) is 0 Å². The van der Waals surface area contributed by atoms with Crippen molar-refractivity contribution in [1.29, 1.82) is 0 Å². The van der Waals surface area contributed by atoms with E-state index in [1.807, 2.05) is 42.4 Å². The topological polar surface area (TPSA) is 53.7 Å². The third-order valence-corrected chi connectivity index (χ3v) is 5.66. The van der Waals surface area contributed by atoms with Crippen molar-refractivity contribution in [2.75, 3.05) is 31.6 Å². The molecule has 1 aliphatic rings. The van der Waals surface area contributed by atoms with Crippen molar-refractivity contribution in [3.8, 4) is 11.3 Å². The van der Waals surface area contributed by atoms with E-state index in [9.17, 15) is 4.79 Å². The van der Waals surface area contributed by atoms with Gasteiger partial charge in [0.1, 0.15) is 0 Å². The van der Waals surface area contributed by atoms with E-state index in [1.165, 1.54) is 0 Å². The first-order valence-electron chi connectivity index (χ1n) is 8.21. The van der Waals surface area contributed by atoms with Crippen LogP contribution in [0.2, 0.25) is 5.02 Å². The van der Waals surface area contributed by atoms with E-state index < -0.39 is 0 Å². The van der Waals surface area contributed by atoms with Crippen molar-refractivity contribution in [2.45, 2.75) is 12.8 Å². The molecule has 0 bridgehead atoms. The number of likely N-dealkylation sites (N-methyl/N-ethyl adjacent to an activating group) is 1. The van der Waals surface area contributed by atoms with Crippen LogP contribution in [0.5, 0.6) is 0 Å². The first-order chi connectivity index (χ1) is 12.1. The SMILES string of the molecule is CN(CCN1CCCC1=O)c1nn2cc(-c3ccc(Cl)cc3)nc2s1. The van der Waals surface area contributed by atoms with Gasteiger partial charge in [-0.05, 0) is 18.6 Å². The molecule has 0 aliphatic carbocycles. The average molecular weight is 376 g/mol. The number of amides is 1. The number of carbonyl (C=O) groups excluding carboxylic acids is 1. The molecule has 1 amide bonds. The molecular formula is C17H18ClN5OS. The lowest BCUT2D eigenvalue weighted by Crippen LogP contribution is -2.33. The first kappa shape index (κ1) is 16.4. The Bertz CT molecular complexity index is 872. The Morgan fingerprint density at radius 1 is 1.32 bits per heavy atom. The lowest BCUT2D eigenvalue weighted by Gasteiger charge is -2.20. The van der Waals surface area contributed by atoms with Crippen LogP contribution in [-0.2, 0) is 4.79 Å². The quantitative estimate of drug-likeness (QED) is 0.687. The van der Waals surface area contributed by atoms with Gasteiger partial charge in [-0.15, -0.1) is 5.10 Å². The monoisotopic (exact) mass is 375 g/mol. The van der Waals surface area contributed by atoms with Crippen LogP contribution < -0.4 is 4.90 Å². The minimum Gasteiger partial charge on any atom is -0.348 e. The lowest BCUT2D eigenvalue weighted by molar-refractivity contribution is -0.127. The molecule has 2 aromatic heterocycles.